The van der Waals surface area contributed by atoms with E-state index in [0.29, 0.717) is 5.69 Å². The fourth-order valence-electron chi connectivity index (χ4n) is 3.66. The average Bonchev–Trinajstić information content (AvgIpc) is 3.08. The molecule has 23 heavy (non-hydrogen) atoms. The number of anilines is 1. The fourth-order valence-corrected chi connectivity index (χ4v) is 4.43. The highest BCUT2D eigenvalue weighted by molar-refractivity contribution is 8.13. The molecule has 4 rings (SSSR count). The van der Waals surface area contributed by atoms with Crippen LogP contribution in [-0.4, -0.2) is 31.9 Å². The van der Waals surface area contributed by atoms with E-state index in [-0.39, 0.29) is 22.8 Å². The quantitative estimate of drug-likeness (QED) is 0.456. The number of imide groups is 1. The van der Waals surface area contributed by atoms with E-state index in [1.807, 2.05) is 12.2 Å². The maximum Gasteiger partial charge on any atom is 0.261 e. The Morgan fingerprint density at radius 2 is 1.83 bits per heavy atom. The highest BCUT2D eigenvalue weighted by atomic mass is 35.7. The van der Waals surface area contributed by atoms with Gasteiger partial charge in [0, 0.05) is 10.7 Å². The van der Waals surface area contributed by atoms with E-state index in [1.165, 1.54) is 24.3 Å². The molecule has 3 aliphatic heterocycles. The van der Waals surface area contributed by atoms with Crippen LogP contribution in [0.25, 0.3) is 0 Å². The van der Waals surface area contributed by atoms with E-state index < -0.39 is 26.5 Å². The van der Waals surface area contributed by atoms with Gasteiger partial charge in [-0.15, -0.1) is 0 Å². The van der Waals surface area contributed by atoms with Gasteiger partial charge in [-0.25, -0.2) is 13.3 Å². The summed E-state index contributed by atoms with van der Waals surface area (Å²) in [5.74, 6) is -1.70. The third-order valence-corrected chi connectivity index (χ3v) is 6.08. The Morgan fingerprint density at radius 1 is 1.17 bits per heavy atom. The molecule has 1 aromatic carbocycles. The molecule has 6 nitrogen and oxygen atoms in total. The van der Waals surface area contributed by atoms with Crippen molar-refractivity contribution in [1.29, 1.82) is 0 Å². The summed E-state index contributed by atoms with van der Waals surface area (Å²) >= 11 is 0. The first-order valence-electron chi connectivity index (χ1n) is 7.02. The van der Waals surface area contributed by atoms with Gasteiger partial charge in [0.25, 0.3) is 9.05 Å². The molecule has 0 spiro atoms. The monoisotopic (exact) mass is 353 g/mol. The number of ether oxygens (including phenoxy) is 1. The number of fused-ring (bicyclic) bond motifs is 5. The lowest BCUT2D eigenvalue weighted by Crippen LogP contribution is -2.38. The van der Waals surface area contributed by atoms with Crippen LogP contribution >= 0.6 is 10.7 Å². The number of carbonyl (C=O) groups is 2. The first kappa shape index (κ1) is 14.9. The maximum atomic E-state index is 12.7. The Labute approximate surface area is 137 Å². The molecule has 0 saturated carbocycles. The van der Waals surface area contributed by atoms with Crippen LogP contribution in [0.1, 0.15) is 6.92 Å². The molecule has 4 atom stereocenters. The van der Waals surface area contributed by atoms with Crippen molar-refractivity contribution >= 4 is 37.2 Å². The Morgan fingerprint density at radius 3 is 2.39 bits per heavy atom. The molecule has 8 heteroatoms. The third kappa shape index (κ3) is 1.93. The van der Waals surface area contributed by atoms with Gasteiger partial charge in [0.05, 0.1) is 34.1 Å². The molecule has 2 amide bonds. The molecule has 0 radical (unpaired) electrons. The number of benzene rings is 1. The fraction of sp³-hybridized carbons (Fsp3) is 0.333. The van der Waals surface area contributed by atoms with Crippen molar-refractivity contribution in [2.75, 3.05) is 4.90 Å². The summed E-state index contributed by atoms with van der Waals surface area (Å²) in [6, 6.07) is 5.37. The van der Waals surface area contributed by atoms with E-state index in [4.69, 9.17) is 15.4 Å². The number of hydrogen-bond donors (Lipinski definition) is 0. The normalized spacial score (nSPS) is 35.2. The third-order valence-electron chi connectivity index (χ3n) is 4.71. The van der Waals surface area contributed by atoms with E-state index in [1.54, 1.807) is 6.92 Å². The second-order valence-corrected chi connectivity index (χ2v) is 8.64. The molecule has 2 fully saturated rings. The minimum absolute atomic E-state index is 0.0840. The Balaban J connectivity index is 1.72. The van der Waals surface area contributed by atoms with Gasteiger partial charge in [0.1, 0.15) is 0 Å². The maximum absolute atomic E-state index is 12.7. The predicted octanol–water partition coefficient (Wildman–Crippen LogP) is 1.45. The second kappa shape index (κ2) is 4.43. The molecule has 0 aromatic heterocycles. The van der Waals surface area contributed by atoms with Crippen LogP contribution in [0.2, 0.25) is 0 Å². The van der Waals surface area contributed by atoms with Crippen molar-refractivity contribution in [2.24, 2.45) is 11.8 Å². The Kier molecular flexibility index (Phi) is 2.87. The number of carbonyl (C=O) groups excluding carboxylic acids is 2. The zero-order valence-electron chi connectivity index (χ0n) is 12.0. The van der Waals surface area contributed by atoms with E-state index >= 15 is 0 Å². The molecule has 3 aliphatic rings. The van der Waals surface area contributed by atoms with Crippen molar-refractivity contribution in [3.05, 3.63) is 36.4 Å². The van der Waals surface area contributed by atoms with Crippen molar-refractivity contribution in [2.45, 2.75) is 23.5 Å². The number of amides is 2. The molecule has 3 heterocycles. The minimum atomic E-state index is -3.85. The van der Waals surface area contributed by atoms with E-state index in [9.17, 15) is 18.0 Å². The average molecular weight is 354 g/mol. The Hall–Kier alpha value is -1.70. The summed E-state index contributed by atoms with van der Waals surface area (Å²) in [4.78, 5) is 26.4. The molecule has 2 saturated heterocycles. The number of rotatable bonds is 2. The van der Waals surface area contributed by atoms with Gasteiger partial charge in [-0.3, -0.25) is 9.59 Å². The number of nitrogens with zero attached hydrogens (tertiary/aromatic N) is 1. The highest BCUT2D eigenvalue weighted by Gasteiger charge is 2.66. The smallest absolute Gasteiger partial charge is 0.261 e. The van der Waals surface area contributed by atoms with E-state index in [0.717, 1.165) is 4.90 Å². The predicted molar refractivity (Wildman–Crippen MR) is 81.4 cm³/mol. The van der Waals surface area contributed by atoms with Crippen LogP contribution in [0.3, 0.4) is 0 Å². The molecular formula is C15H12ClNO5S. The molecular weight excluding hydrogens is 342 g/mol. The van der Waals surface area contributed by atoms with Gasteiger partial charge in [-0.1, -0.05) is 12.2 Å². The van der Waals surface area contributed by atoms with Crippen molar-refractivity contribution < 1.29 is 22.7 Å². The van der Waals surface area contributed by atoms with Crippen LogP contribution in [0.15, 0.2) is 41.3 Å². The molecule has 120 valence electrons. The van der Waals surface area contributed by atoms with Crippen LogP contribution in [0.5, 0.6) is 0 Å². The Bertz CT molecular complexity index is 862. The standard InChI is InChI=1S/C15H12ClNO5S/c1-15-7-6-10(22-15)11-12(15)14(19)17(13(11)18)8-2-4-9(5-3-8)23(16,20)21/h2-7,10-12H,1H3/t10-,11?,12?,15+/m0/s1. The van der Waals surface area contributed by atoms with Gasteiger partial charge in [-0.05, 0) is 31.2 Å². The SMILES string of the molecule is C[C@]12C=C[C@H](O1)C1C(=O)N(c3ccc(S(=O)(=O)Cl)cc3)C(=O)C12. The largest absolute Gasteiger partial charge is 0.362 e. The van der Waals surface area contributed by atoms with E-state index in [2.05, 4.69) is 0 Å². The van der Waals surface area contributed by atoms with Crippen LogP contribution in [0, 0.1) is 11.8 Å². The van der Waals surface area contributed by atoms with Gasteiger partial charge in [0.15, 0.2) is 0 Å². The van der Waals surface area contributed by atoms with Crippen molar-refractivity contribution in [3.63, 3.8) is 0 Å². The van der Waals surface area contributed by atoms with Crippen molar-refractivity contribution in [1.82, 2.24) is 0 Å². The molecule has 0 aliphatic carbocycles. The zero-order chi connectivity index (χ0) is 16.6. The summed E-state index contributed by atoms with van der Waals surface area (Å²) in [5.41, 5.74) is -0.419. The van der Waals surface area contributed by atoms with Gasteiger partial charge >= 0.3 is 0 Å². The van der Waals surface area contributed by atoms with Gasteiger partial charge in [-0.2, -0.15) is 0 Å². The molecule has 1 aromatic rings. The molecule has 0 N–H and O–H groups in total. The minimum Gasteiger partial charge on any atom is -0.362 e. The lowest BCUT2D eigenvalue weighted by atomic mass is 9.78. The lowest BCUT2D eigenvalue weighted by Gasteiger charge is -2.24. The van der Waals surface area contributed by atoms with Crippen LogP contribution < -0.4 is 4.90 Å². The topological polar surface area (TPSA) is 80.8 Å². The summed E-state index contributed by atoms with van der Waals surface area (Å²) in [6.45, 7) is 1.80. The molecule has 2 bridgehead atoms. The summed E-state index contributed by atoms with van der Waals surface area (Å²) < 4.78 is 28.3. The number of halogens is 1. The lowest BCUT2D eigenvalue weighted by molar-refractivity contribution is -0.126. The number of hydrogen-bond acceptors (Lipinski definition) is 5. The van der Waals surface area contributed by atoms with Crippen LogP contribution in [0.4, 0.5) is 5.69 Å². The summed E-state index contributed by atoms with van der Waals surface area (Å²) in [6.07, 6.45) is 3.27. The van der Waals surface area contributed by atoms with Gasteiger partial charge in [0.2, 0.25) is 11.8 Å². The first-order chi connectivity index (χ1) is 10.7. The second-order valence-electron chi connectivity index (χ2n) is 6.07. The van der Waals surface area contributed by atoms with Gasteiger partial charge < -0.3 is 4.74 Å². The van der Waals surface area contributed by atoms with Crippen molar-refractivity contribution in [3.8, 4) is 0 Å². The summed E-state index contributed by atoms with van der Waals surface area (Å²) in [7, 11) is 1.42. The molecule has 2 unspecified atom stereocenters. The van der Waals surface area contributed by atoms with Crippen LogP contribution in [-0.2, 0) is 23.4 Å². The summed E-state index contributed by atoms with van der Waals surface area (Å²) in [5, 5.41) is 0. The zero-order valence-corrected chi connectivity index (χ0v) is 13.5. The first-order valence-corrected chi connectivity index (χ1v) is 9.33. The highest BCUT2D eigenvalue weighted by Crippen LogP contribution is 2.52.